The molecule has 0 atom stereocenters. The van der Waals surface area contributed by atoms with Crippen LogP contribution in [0.25, 0.3) is 0 Å². The first-order valence-corrected chi connectivity index (χ1v) is 7.23. The highest BCUT2D eigenvalue weighted by atomic mass is 35.5. The highest BCUT2D eigenvalue weighted by Gasteiger charge is 2.22. The van der Waals surface area contributed by atoms with Gasteiger partial charge in [0.05, 0.1) is 22.7 Å². The van der Waals surface area contributed by atoms with Gasteiger partial charge in [-0.2, -0.15) is 8.78 Å². The van der Waals surface area contributed by atoms with Gasteiger partial charge >= 0.3 is 6.61 Å². The molecule has 0 heterocycles. The fourth-order valence-corrected chi connectivity index (χ4v) is 2.67. The van der Waals surface area contributed by atoms with Gasteiger partial charge in [-0.1, -0.05) is 29.3 Å². The molecule has 0 saturated carbocycles. The predicted octanol–water partition coefficient (Wildman–Crippen LogP) is 5.14. The Morgan fingerprint density at radius 2 is 1.74 bits per heavy atom. The van der Waals surface area contributed by atoms with Crippen molar-refractivity contribution in [2.45, 2.75) is 13.5 Å². The summed E-state index contributed by atoms with van der Waals surface area (Å²) in [6.45, 7) is -1.40. The molecule has 2 aromatic rings. The Hall–Kier alpha value is -1.85. The number of methoxy groups -OCH3 is 1. The molecule has 0 aromatic heterocycles. The Bertz CT molecular complexity index is 728. The van der Waals surface area contributed by atoms with Gasteiger partial charge in [0.1, 0.15) is 0 Å². The monoisotopic (exact) mass is 360 g/mol. The third kappa shape index (κ3) is 3.74. The van der Waals surface area contributed by atoms with Crippen LogP contribution in [0, 0.1) is 6.92 Å². The molecule has 0 amide bonds. The summed E-state index contributed by atoms with van der Waals surface area (Å²) in [7, 11) is 1.32. The second-order valence-corrected chi connectivity index (χ2v) is 5.44. The van der Waals surface area contributed by atoms with Crippen molar-refractivity contribution >= 4 is 29.0 Å². The summed E-state index contributed by atoms with van der Waals surface area (Å²) < 4.78 is 34.4. The number of hydrogen-bond donors (Lipinski definition) is 0. The SMILES string of the molecule is COc1cc(C)c(C(=O)c2c(Cl)cccc2Cl)cc1OC(F)F. The van der Waals surface area contributed by atoms with E-state index in [0.29, 0.717) is 5.56 Å². The summed E-state index contributed by atoms with van der Waals surface area (Å²) in [5.41, 5.74) is 0.771. The minimum absolute atomic E-state index is 0.101. The van der Waals surface area contributed by atoms with Crippen molar-refractivity contribution < 1.29 is 23.0 Å². The van der Waals surface area contributed by atoms with Crippen LogP contribution in [-0.2, 0) is 0 Å². The van der Waals surface area contributed by atoms with Crippen LogP contribution in [0.1, 0.15) is 21.5 Å². The summed E-state index contributed by atoms with van der Waals surface area (Å²) in [4.78, 5) is 12.7. The number of halogens is 4. The lowest BCUT2D eigenvalue weighted by molar-refractivity contribution is -0.0512. The van der Waals surface area contributed by atoms with Gasteiger partial charge in [0.2, 0.25) is 0 Å². The third-order valence-corrected chi connectivity index (χ3v) is 3.79. The van der Waals surface area contributed by atoms with Crippen LogP contribution in [0.5, 0.6) is 11.5 Å². The van der Waals surface area contributed by atoms with E-state index in [1.165, 1.54) is 31.4 Å². The molecular weight excluding hydrogens is 349 g/mol. The van der Waals surface area contributed by atoms with Crippen molar-refractivity contribution in [3.8, 4) is 11.5 Å². The number of carbonyl (C=O) groups is 1. The molecule has 0 saturated heterocycles. The maximum atomic E-state index is 12.7. The molecule has 0 unspecified atom stereocenters. The molecule has 0 radical (unpaired) electrons. The van der Waals surface area contributed by atoms with Gasteiger partial charge < -0.3 is 9.47 Å². The fraction of sp³-hybridized carbons (Fsp3) is 0.188. The normalized spacial score (nSPS) is 10.7. The minimum atomic E-state index is -3.04. The van der Waals surface area contributed by atoms with E-state index in [4.69, 9.17) is 27.9 Å². The second-order valence-electron chi connectivity index (χ2n) is 4.62. The van der Waals surface area contributed by atoms with Crippen LogP contribution in [-0.4, -0.2) is 19.5 Å². The number of aryl methyl sites for hydroxylation is 1. The van der Waals surface area contributed by atoms with Gasteiger partial charge in [0.15, 0.2) is 17.3 Å². The Balaban J connectivity index is 2.56. The lowest BCUT2D eigenvalue weighted by atomic mass is 9.98. The smallest absolute Gasteiger partial charge is 0.387 e. The van der Waals surface area contributed by atoms with Gasteiger partial charge in [-0.25, -0.2) is 0 Å². The van der Waals surface area contributed by atoms with Gasteiger partial charge in [-0.05, 0) is 36.8 Å². The summed E-state index contributed by atoms with van der Waals surface area (Å²) in [6, 6.07) is 7.29. The molecule has 122 valence electrons. The van der Waals surface area contributed by atoms with Crippen LogP contribution in [0.4, 0.5) is 8.78 Å². The van der Waals surface area contributed by atoms with Crippen LogP contribution >= 0.6 is 23.2 Å². The topological polar surface area (TPSA) is 35.5 Å². The average molecular weight is 361 g/mol. The first-order chi connectivity index (χ1) is 10.8. The minimum Gasteiger partial charge on any atom is -0.493 e. The third-order valence-electron chi connectivity index (χ3n) is 3.16. The highest BCUT2D eigenvalue weighted by molar-refractivity contribution is 6.41. The summed E-state index contributed by atoms with van der Waals surface area (Å²) >= 11 is 12.1. The van der Waals surface area contributed by atoms with Crippen LogP contribution < -0.4 is 9.47 Å². The maximum absolute atomic E-state index is 12.7. The second kappa shape index (κ2) is 7.15. The number of carbonyl (C=O) groups excluding carboxylic acids is 1. The highest BCUT2D eigenvalue weighted by Crippen LogP contribution is 2.34. The largest absolute Gasteiger partial charge is 0.493 e. The summed E-state index contributed by atoms with van der Waals surface area (Å²) in [5, 5.41) is 0.350. The van der Waals surface area contributed by atoms with E-state index in [9.17, 15) is 13.6 Å². The van der Waals surface area contributed by atoms with Crippen molar-refractivity contribution in [3.05, 3.63) is 57.1 Å². The van der Waals surface area contributed by atoms with Crippen LogP contribution in [0.15, 0.2) is 30.3 Å². The number of ether oxygens (including phenoxy) is 2. The standard InChI is InChI=1S/C16H12Cl2F2O3/c1-8-6-12(22-2)13(23-16(19)20)7-9(8)15(21)14-10(17)4-3-5-11(14)18/h3-7,16H,1-2H3. The molecule has 0 aliphatic heterocycles. The number of alkyl halides is 2. The Labute approximate surface area is 141 Å². The van der Waals surface area contributed by atoms with Crippen molar-refractivity contribution in [1.29, 1.82) is 0 Å². The number of ketones is 1. The molecule has 0 aliphatic rings. The van der Waals surface area contributed by atoms with Crippen LogP contribution in [0.3, 0.4) is 0 Å². The first-order valence-electron chi connectivity index (χ1n) is 6.47. The Morgan fingerprint density at radius 3 is 2.26 bits per heavy atom. The van der Waals surface area contributed by atoms with E-state index in [1.807, 2.05) is 0 Å². The van der Waals surface area contributed by atoms with Crippen LogP contribution in [0.2, 0.25) is 10.0 Å². The van der Waals surface area contributed by atoms with Crippen molar-refractivity contribution in [2.75, 3.05) is 7.11 Å². The van der Waals surface area contributed by atoms with Gasteiger partial charge in [0.25, 0.3) is 0 Å². The van der Waals surface area contributed by atoms with Gasteiger partial charge in [-0.3, -0.25) is 4.79 Å². The van der Waals surface area contributed by atoms with E-state index in [1.54, 1.807) is 13.0 Å². The quantitative estimate of drug-likeness (QED) is 0.692. The average Bonchev–Trinajstić information content (AvgIpc) is 2.47. The van der Waals surface area contributed by atoms with Crippen molar-refractivity contribution in [1.82, 2.24) is 0 Å². The molecule has 0 bridgehead atoms. The molecule has 2 aromatic carbocycles. The zero-order chi connectivity index (χ0) is 17.1. The predicted molar refractivity (Wildman–Crippen MR) is 84.3 cm³/mol. The van der Waals surface area contributed by atoms with Gasteiger partial charge in [0, 0.05) is 5.56 Å². The first kappa shape index (κ1) is 17.5. The Kier molecular flexibility index (Phi) is 5.44. The lowest BCUT2D eigenvalue weighted by Crippen LogP contribution is -2.09. The summed E-state index contributed by atoms with van der Waals surface area (Å²) in [5.74, 6) is -0.621. The number of benzene rings is 2. The lowest BCUT2D eigenvalue weighted by Gasteiger charge is -2.14. The van der Waals surface area contributed by atoms with Crippen molar-refractivity contribution in [3.63, 3.8) is 0 Å². The fourth-order valence-electron chi connectivity index (χ4n) is 2.10. The van der Waals surface area contributed by atoms with E-state index in [2.05, 4.69) is 4.74 Å². The molecule has 23 heavy (non-hydrogen) atoms. The number of rotatable bonds is 5. The van der Waals surface area contributed by atoms with E-state index < -0.39 is 12.4 Å². The maximum Gasteiger partial charge on any atom is 0.387 e. The zero-order valence-corrected chi connectivity index (χ0v) is 13.7. The molecule has 0 aliphatic carbocycles. The zero-order valence-electron chi connectivity index (χ0n) is 12.2. The molecular formula is C16H12Cl2F2O3. The van der Waals surface area contributed by atoms with E-state index >= 15 is 0 Å². The molecule has 7 heteroatoms. The van der Waals surface area contributed by atoms with E-state index in [-0.39, 0.29) is 32.7 Å². The molecule has 3 nitrogen and oxygen atoms in total. The Morgan fingerprint density at radius 1 is 1.13 bits per heavy atom. The molecule has 0 N–H and O–H groups in total. The van der Waals surface area contributed by atoms with Gasteiger partial charge in [-0.15, -0.1) is 0 Å². The summed E-state index contributed by atoms with van der Waals surface area (Å²) in [6.07, 6.45) is 0. The molecule has 0 fully saturated rings. The number of hydrogen-bond acceptors (Lipinski definition) is 3. The molecule has 2 rings (SSSR count). The molecule has 0 spiro atoms. The van der Waals surface area contributed by atoms with Crippen molar-refractivity contribution in [2.24, 2.45) is 0 Å². The van der Waals surface area contributed by atoms with E-state index in [0.717, 1.165) is 0 Å².